The molecule has 0 fully saturated rings. The molecule has 0 saturated heterocycles. The molecule has 0 radical (unpaired) electrons. The Morgan fingerprint density at radius 1 is 1.47 bits per heavy atom. The Bertz CT molecular complexity index is 509. The van der Waals surface area contributed by atoms with Gasteiger partial charge in [-0.05, 0) is 30.5 Å². The molecule has 2 rings (SSSR count). The van der Waals surface area contributed by atoms with E-state index in [1.165, 1.54) is 16.7 Å². The molecule has 0 aliphatic carbocycles. The summed E-state index contributed by atoms with van der Waals surface area (Å²) in [5.41, 5.74) is 8.91. The summed E-state index contributed by atoms with van der Waals surface area (Å²) in [5.74, 6) is 0.639. The average molecular weight is 260 g/mol. The fourth-order valence-corrected chi connectivity index (χ4v) is 2.52. The number of aryl methyl sites for hydroxylation is 1. The molecule has 1 aromatic carbocycles. The number of hydrogen-bond donors (Lipinski definition) is 1. The summed E-state index contributed by atoms with van der Waals surface area (Å²) in [7, 11) is 1.70. The van der Waals surface area contributed by atoms with Gasteiger partial charge in [-0.3, -0.25) is 9.69 Å². The number of nitrogens with two attached hydrogens (primary N) is 1. The predicted octanol–water partition coefficient (Wildman–Crippen LogP) is 1.58. The van der Waals surface area contributed by atoms with Crippen molar-refractivity contribution in [3.8, 4) is 5.75 Å². The number of benzene rings is 1. The number of methoxy groups -OCH3 is 1. The molecule has 19 heavy (non-hydrogen) atoms. The lowest BCUT2D eigenvalue weighted by molar-refractivity contribution is -0.119. The number of primary amides is 1. The highest BCUT2D eigenvalue weighted by molar-refractivity contribution is 5.77. The summed E-state index contributed by atoms with van der Waals surface area (Å²) >= 11 is 0. The molecule has 1 heterocycles. The number of rotatable bonds is 4. The van der Waals surface area contributed by atoms with Crippen molar-refractivity contribution in [2.24, 2.45) is 5.73 Å². The Kier molecular flexibility index (Phi) is 4.22. The number of carbonyl (C=O) groups is 1. The van der Waals surface area contributed by atoms with Gasteiger partial charge in [0, 0.05) is 18.7 Å². The van der Waals surface area contributed by atoms with Crippen molar-refractivity contribution >= 4 is 11.5 Å². The van der Waals surface area contributed by atoms with E-state index in [2.05, 4.69) is 24.0 Å². The monoisotopic (exact) mass is 260 g/mol. The van der Waals surface area contributed by atoms with Crippen LogP contribution in [0.2, 0.25) is 0 Å². The van der Waals surface area contributed by atoms with Gasteiger partial charge in [-0.15, -0.1) is 0 Å². The van der Waals surface area contributed by atoms with Crippen molar-refractivity contribution in [3.63, 3.8) is 0 Å². The third-order valence-corrected chi connectivity index (χ3v) is 3.45. The van der Waals surface area contributed by atoms with Crippen LogP contribution in [-0.4, -0.2) is 37.6 Å². The van der Waals surface area contributed by atoms with E-state index >= 15 is 0 Å². The number of ether oxygens (including phenoxy) is 1. The standard InChI is InChI=1S/C15H20N2O2/c1-11-4-3-5-13(19-2)15(11)12-6-8-17(9-7-12)10-14(16)18/h3-6H,7-10H2,1-2H3,(H2,16,18). The van der Waals surface area contributed by atoms with E-state index in [1.807, 2.05) is 12.1 Å². The van der Waals surface area contributed by atoms with E-state index in [-0.39, 0.29) is 5.91 Å². The lowest BCUT2D eigenvalue weighted by atomic mass is 9.94. The molecule has 1 aliphatic heterocycles. The van der Waals surface area contributed by atoms with Crippen LogP contribution in [0.1, 0.15) is 17.5 Å². The summed E-state index contributed by atoms with van der Waals surface area (Å²) in [5, 5.41) is 0. The quantitative estimate of drug-likeness (QED) is 0.894. The molecule has 0 spiro atoms. The highest BCUT2D eigenvalue weighted by Gasteiger charge is 2.17. The SMILES string of the molecule is COc1cccc(C)c1C1=CCN(CC(N)=O)CC1. The zero-order valence-electron chi connectivity index (χ0n) is 11.5. The van der Waals surface area contributed by atoms with Crippen LogP contribution in [0.5, 0.6) is 5.75 Å². The summed E-state index contributed by atoms with van der Waals surface area (Å²) in [4.78, 5) is 13.0. The third kappa shape index (κ3) is 3.15. The van der Waals surface area contributed by atoms with Gasteiger partial charge in [-0.25, -0.2) is 0 Å². The van der Waals surface area contributed by atoms with Gasteiger partial charge >= 0.3 is 0 Å². The minimum Gasteiger partial charge on any atom is -0.496 e. The van der Waals surface area contributed by atoms with Crippen molar-refractivity contribution in [2.45, 2.75) is 13.3 Å². The van der Waals surface area contributed by atoms with E-state index < -0.39 is 0 Å². The second kappa shape index (κ2) is 5.89. The summed E-state index contributed by atoms with van der Waals surface area (Å²) in [6, 6.07) is 6.08. The lowest BCUT2D eigenvalue weighted by Gasteiger charge is -2.26. The van der Waals surface area contributed by atoms with Gasteiger partial charge in [0.05, 0.1) is 13.7 Å². The molecule has 4 heteroatoms. The zero-order chi connectivity index (χ0) is 13.8. The van der Waals surface area contributed by atoms with Gasteiger partial charge in [0.25, 0.3) is 0 Å². The number of hydrogen-bond acceptors (Lipinski definition) is 3. The fraction of sp³-hybridized carbons (Fsp3) is 0.400. The molecule has 1 amide bonds. The maximum absolute atomic E-state index is 10.9. The van der Waals surface area contributed by atoms with Crippen LogP contribution in [0.4, 0.5) is 0 Å². The maximum atomic E-state index is 10.9. The van der Waals surface area contributed by atoms with Crippen molar-refractivity contribution in [1.29, 1.82) is 0 Å². The average Bonchev–Trinajstić information content (AvgIpc) is 2.39. The molecular formula is C15H20N2O2. The Labute approximate surface area is 113 Å². The largest absolute Gasteiger partial charge is 0.496 e. The van der Waals surface area contributed by atoms with Gasteiger partial charge < -0.3 is 10.5 Å². The Balaban J connectivity index is 2.20. The van der Waals surface area contributed by atoms with E-state index in [0.29, 0.717) is 6.54 Å². The van der Waals surface area contributed by atoms with Gasteiger partial charge in [-0.2, -0.15) is 0 Å². The van der Waals surface area contributed by atoms with Crippen molar-refractivity contribution < 1.29 is 9.53 Å². The highest BCUT2D eigenvalue weighted by atomic mass is 16.5. The molecule has 1 aliphatic rings. The first-order valence-corrected chi connectivity index (χ1v) is 6.45. The Morgan fingerprint density at radius 2 is 2.26 bits per heavy atom. The van der Waals surface area contributed by atoms with Crippen molar-refractivity contribution in [3.05, 3.63) is 35.4 Å². The first kappa shape index (κ1) is 13.6. The number of carbonyl (C=O) groups excluding carboxylic acids is 1. The minimum atomic E-state index is -0.273. The third-order valence-electron chi connectivity index (χ3n) is 3.45. The van der Waals surface area contributed by atoms with E-state index in [9.17, 15) is 4.79 Å². The molecule has 0 aromatic heterocycles. The van der Waals surface area contributed by atoms with Crippen LogP contribution < -0.4 is 10.5 Å². The summed E-state index contributed by atoms with van der Waals surface area (Å²) < 4.78 is 5.44. The normalized spacial score (nSPS) is 16.0. The Hall–Kier alpha value is -1.81. The molecular weight excluding hydrogens is 240 g/mol. The Morgan fingerprint density at radius 3 is 2.84 bits per heavy atom. The highest BCUT2D eigenvalue weighted by Crippen LogP contribution is 2.32. The van der Waals surface area contributed by atoms with Gasteiger partial charge in [0.2, 0.25) is 5.91 Å². The molecule has 4 nitrogen and oxygen atoms in total. The lowest BCUT2D eigenvalue weighted by Crippen LogP contribution is -2.36. The predicted molar refractivity (Wildman–Crippen MR) is 76.0 cm³/mol. The number of amides is 1. The van der Waals surface area contributed by atoms with E-state index in [4.69, 9.17) is 10.5 Å². The summed E-state index contributed by atoms with van der Waals surface area (Å²) in [6.45, 7) is 4.03. The second-order valence-electron chi connectivity index (χ2n) is 4.83. The smallest absolute Gasteiger partial charge is 0.231 e. The van der Waals surface area contributed by atoms with Crippen molar-refractivity contribution in [1.82, 2.24) is 4.90 Å². The second-order valence-corrected chi connectivity index (χ2v) is 4.83. The van der Waals surface area contributed by atoms with E-state index in [1.54, 1.807) is 7.11 Å². The molecule has 102 valence electrons. The first-order valence-electron chi connectivity index (χ1n) is 6.45. The minimum absolute atomic E-state index is 0.273. The van der Waals surface area contributed by atoms with Crippen LogP contribution in [0.25, 0.3) is 5.57 Å². The fourth-order valence-electron chi connectivity index (χ4n) is 2.52. The molecule has 0 unspecified atom stereocenters. The topological polar surface area (TPSA) is 55.6 Å². The van der Waals surface area contributed by atoms with Crippen molar-refractivity contribution in [2.75, 3.05) is 26.7 Å². The van der Waals surface area contributed by atoms with Crippen LogP contribution >= 0.6 is 0 Å². The zero-order valence-corrected chi connectivity index (χ0v) is 11.5. The van der Waals surface area contributed by atoms with Gasteiger partial charge in [0.1, 0.15) is 5.75 Å². The van der Waals surface area contributed by atoms with E-state index in [0.717, 1.165) is 25.3 Å². The van der Waals surface area contributed by atoms with Crippen LogP contribution in [0, 0.1) is 6.92 Å². The molecule has 0 saturated carbocycles. The summed E-state index contributed by atoms with van der Waals surface area (Å²) in [6.07, 6.45) is 3.08. The number of nitrogens with zero attached hydrogens (tertiary/aromatic N) is 1. The van der Waals surface area contributed by atoms with Crippen LogP contribution in [0.3, 0.4) is 0 Å². The van der Waals surface area contributed by atoms with Gasteiger partial charge in [0.15, 0.2) is 0 Å². The molecule has 2 N–H and O–H groups in total. The maximum Gasteiger partial charge on any atom is 0.231 e. The van der Waals surface area contributed by atoms with Crippen LogP contribution in [0.15, 0.2) is 24.3 Å². The first-order chi connectivity index (χ1) is 9.11. The molecule has 0 bridgehead atoms. The van der Waals surface area contributed by atoms with Crippen LogP contribution in [-0.2, 0) is 4.79 Å². The van der Waals surface area contributed by atoms with Gasteiger partial charge in [-0.1, -0.05) is 18.2 Å². The molecule has 1 aromatic rings. The molecule has 0 atom stereocenters.